The van der Waals surface area contributed by atoms with Gasteiger partial charge in [0.1, 0.15) is 11.6 Å². The molecule has 0 saturated carbocycles. The lowest BCUT2D eigenvalue weighted by Crippen LogP contribution is -2.43. The molecule has 0 aliphatic carbocycles. The molecule has 0 aliphatic rings. The molecule has 1 heterocycles. The zero-order valence-corrected chi connectivity index (χ0v) is 13.4. The van der Waals surface area contributed by atoms with E-state index in [1.165, 1.54) is 0 Å². The quantitative estimate of drug-likeness (QED) is 0.689. The molecular formula is C15H20N4O4. The molecule has 0 radical (unpaired) electrons. The first-order valence-corrected chi connectivity index (χ1v) is 7.16. The summed E-state index contributed by atoms with van der Waals surface area (Å²) in [7, 11) is 0. The number of fused-ring (bicyclic) bond motifs is 1. The minimum atomic E-state index is -0.772. The number of nitrogens with one attached hydrogen (secondary N) is 4. The molecule has 1 aromatic heterocycles. The fourth-order valence-corrected chi connectivity index (χ4v) is 1.91. The third-order valence-electron chi connectivity index (χ3n) is 2.91. The summed E-state index contributed by atoms with van der Waals surface area (Å²) < 4.78 is 5.10. The number of aromatic nitrogens is 2. The number of hydrogen-bond donors (Lipinski definition) is 4. The fourth-order valence-electron chi connectivity index (χ4n) is 1.91. The number of aromatic amines is 2. The Morgan fingerprint density at radius 2 is 1.83 bits per heavy atom. The van der Waals surface area contributed by atoms with Crippen LogP contribution in [0, 0.1) is 0 Å². The molecule has 0 spiro atoms. The number of rotatable bonds is 3. The average Bonchev–Trinajstić information content (AvgIpc) is 2.75. The van der Waals surface area contributed by atoms with Crippen molar-refractivity contribution in [3.8, 4) is 0 Å². The van der Waals surface area contributed by atoms with Crippen molar-refractivity contribution in [1.29, 1.82) is 0 Å². The topological polar surface area (TPSA) is 116 Å². The highest BCUT2D eigenvalue weighted by Crippen LogP contribution is 2.14. The van der Waals surface area contributed by atoms with E-state index in [1.54, 1.807) is 45.9 Å². The third-order valence-corrected chi connectivity index (χ3v) is 2.91. The Labute approximate surface area is 132 Å². The van der Waals surface area contributed by atoms with Crippen molar-refractivity contribution < 1.29 is 14.3 Å². The Morgan fingerprint density at radius 3 is 2.48 bits per heavy atom. The molecule has 4 N–H and O–H groups in total. The zero-order chi connectivity index (χ0) is 17.2. The Hall–Kier alpha value is -2.77. The summed E-state index contributed by atoms with van der Waals surface area (Å²) in [6.45, 7) is 6.77. The van der Waals surface area contributed by atoms with Gasteiger partial charge in [-0.1, -0.05) is 0 Å². The van der Waals surface area contributed by atoms with E-state index in [4.69, 9.17) is 4.74 Å². The Balaban J connectivity index is 1.99. The van der Waals surface area contributed by atoms with Gasteiger partial charge in [0.2, 0.25) is 5.91 Å². The van der Waals surface area contributed by atoms with Crippen molar-refractivity contribution in [3.63, 3.8) is 0 Å². The second-order valence-corrected chi connectivity index (χ2v) is 6.20. The summed E-state index contributed by atoms with van der Waals surface area (Å²) in [6.07, 6.45) is -0.662. The Bertz CT molecular complexity index is 785. The number of H-pyrrole nitrogens is 2. The van der Waals surface area contributed by atoms with Crippen molar-refractivity contribution in [2.24, 2.45) is 0 Å². The highest BCUT2D eigenvalue weighted by atomic mass is 16.6. The van der Waals surface area contributed by atoms with Crippen molar-refractivity contribution in [3.05, 3.63) is 28.7 Å². The molecule has 23 heavy (non-hydrogen) atoms. The van der Waals surface area contributed by atoms with Gasteiger partial charge < -0.3 is 25.3 Å². The molecule has 0 aliphatic heterocycles. The number of ether oxygens (including phenoxy) is 1. The Kier molecular flexibility index (Phi) is 4.44. The minimum Gasteiger partial charge on any atom is -0.444 e. The van der Waals surface area contributed by atoms with Gasteiger partial charge in [-0.05, 0) is 45.9 Å². The van der Waals surface area contributed by atoms with Gasteiger partial charge in [-0.3, -0.25) is 4.79 Å². The Morgan fingerprint density at radius 1 is 1.17 bits per heavy atom. The fraction of sp³-hybridized carbons (Fsp3) is 0.400. The van der Waals surface area contributed by atoms with Gasteiger partial charge in [0, 0.05) is 5.69 Å². The maximum Gasteiger partial charge on any atom is 0.408 e. The van der Waals surface area contributed by atoms with E-state index in [2.05, 4.69) is 20.6 Å². The smallest absolute Gasteiger partial charge is 0.408 e. The van der Waals surface area contributed by atoms with Gasteiger partial charge in [-0.15, -0.1) is 0 Å². The molecule has 0 bridgehead atoms. The molecule has 0 saturated heterocycles. The minimum absolute atomic E-state index is 0.316. The van der Waals surface area contributed by atoms with Crippen LogP contribution in [0.2, 0.25) is 0 Å². The summed E-state index contributed by atoms with van der Waals surface area (Å²) in [5, 5.41) is 5.13. The highest BCUT2D eigenvalue weighted by molar-refractivity contribution is 5.97. The van der Waals surface area contributed by atoms with Crippen LogP contribution in [0.4, 0.5) is 10.5 Å². The molecule has 1 aromatic carbocycles. The summed E-state index contributed by atoms with van der Waals surface area (Å²) in [6, 6.07) is 4.19. The van der Waals surface area contributed by atoms with E-state index in [-0.39, 0.29) is 5.69 Å². The number of amides is 2. The third kappa shape index (κ3) is 4.60. The van der Waals surface area contributed by atoms with Gasteiger partial charge in [0.15, 0.2) is 0 Å². The van der Waals surface area contributed by atoms with Crippen molar-refractivity contribution in [2.75, 3.05) is 5.32 Å². The number of benzene rings is 1. The number of imidazole rings is 1. The van der Waals surface area contributed by atoms with E-state index in [9.17, 15) is 14.4 Å². The van der Waals surface area contributed by atoms with Crippen LogP contribution in [0.15, 0.2) is 23.0 Å². The van der Waals surface area contributed by atoms with E-state index in [0.717, 1.165) is 0 Å². The van der Waals surface area contributed by atoms with Crippen LogP contribution in [0.3, 0.4) is 0 Å². The van der Waals surface area contributed by atoms with Crippen LogP contribution in [-0.2, 0) is 9.53 Å². The lowest BCUT2D eigenvalue weighted by Gasteiger charge is -2.21. The average molecular weight is 320 g/mol. The first kappa shape index (κ1) is 16.6. The lowest BCUT2D eigenvalue weighted by atomic mass is 10.2. The van der Waals surface area contributed by atoms with Gasteiger partial charge in [0.05, 0.1) is 11.0 Å². The summed E-state index contributed by atoms with van der Waals surface area (Å²) in [5.41, 5.74) is 0.790. The van der Waals surface area contributed by atoms with Crippen molar-refractivity contribution in [2.45, 2.75) is 39.3 Å². The number of anilines is 1. The molecule has 0 fully saturated rings. The molecule has 2 aromatic rings. The number of hydrogen-bond acceptors (Lipinski definition) is 4. The van der Waals surface area contributed by atoms with Crippen LogP contribution >= 0.6 is 0 Å². The van der Waals surface area contributed by atoms with Crippen molar-refractivity contribution in [1.82, 2.24) is 15.3 Å². The van der Waals surface area contributed by atoms with Gasteiger partial charge in [-0.2, -0.15) is 0 Å². The molecule has 2 rings (SSSR count). The monoisotopic (exact) mass is 320 g/mol. The van der Waals surface area contributed by atoms with E-state index in [1.807, 2.05) is 0 Å². The van der Waals surface area contributed by atoms with E-state index >= 15 is 0 Å². The number of carbonyl (C=O) groups is 2. The highest BCUT2D eigenvalue weighted by Gasteiger charge is 2.21. The second-order valence-electron chi connectivity index (χ2n) is 6.20. The maximum atomic E-state index is 12.1. The van der Waals surface area contributed by atoms with Crippen LogP contribution in [0.1, 0.15) is 27.7 Å². The van der Waals surface area contributed by atoms with Crippen LogP contribution < -0.4 is 16.3 Å². The number of alkyl carbamates (subject to hydrolysis) is 1. The standard InChI is InChI=1S/C15H20N4O4/c1-8(16-14(22)23-15(2,3)4)12(20)17-9-5-6-10-11(7-9)19-13(21)18-10/h5-8H,1-4H3,(H,16,22)(H,17,20)(H2,18,19,21)/t8-/m0/s1. The summed E-state index contributed by atoms with van der Waals surface area (Å²) in [4.78, 5) is 40.2. The SMILES string of the molecule is C[C@H](NC(=O)OC(C)(C)C)C(=O)Nc1ccc2[nH]c(=O)[nH]c2c1. The van der Waals surface area contributed by atoms with Gasteiger partial charge in [-0.25, -0.2) is 9.59 Å². The predicted octanol–water partition coefficient (Wildman–Crippen LogP) is 1.71. The summed E-state index contributed by atoms with van der Waals surface area (Å²) in [5.74, 6) is -0.395. The molecule has 8 nitrogen and oxygen atoms in total. The first-order chi connectivity index (χ1) is 10.6. The van der Waals surface area contributed by atoms with Crippen LogP contribution in [-0.4, -0.2) is 33.6 Å². The molecular weight excluding hydrogens is 300 g/mol. The molecule has 1 atom stereocenters. The molecule has 124 valence electrons. The number of carbonyl (C=O) groups excluding carboxylic acids is 2. The second kappa shape index (κ2) is 6.15. The van der Waals surface area contributed by atoms with Crippen LogP contribution in [0.5, 0.6) is 0 Å². The van der Waals surface area contributed by atoms with Gasteiger partial charge in [0.25, 0.3) is 0 Å². The maximum absolute atomic E-state index is 12.1. The first-order valence-electron chi connectivity index (χ1n) is 7.16. The molecule has 8 heteroatoms. The van der Waals surface area contributed by atoms with E-state index < -0.39 is 23.6 Å². The molecule has 2 amide bonds. The van der Waals surface area contributed by atoms with Crippen LogP contribution in [0.25, 0.3) is 11.0 Å². The normalized spacial score (nSPS) is 12.7. The van der Waals surface area contributed by atoms with Gasteiger partial charge >= 0.3 is 11.8 Å². The zero-order valence-electron chi connectivity index (χ0n) is 13.4. The lowest BCUT2D eigenvalue weighted by molar-refractivity contribution is -0.117. The summed E-state index contributed by atoms with van der Waals surface area (Å²) >= 11 is 0. The predicted molar refractivity (Wildman–Crippen MR) is 86.4 cm³/mol. The molecule has 0 unspecified atom stereocenters. The van der Waals surface area contributed by atoms with Crippen molar-refractivity contribution >= 4 is 28.7 Å². The largest absolute Gasteiger partial charge is 0.444 e. The van der Waals surface area contributed by atoms with E-state index in [0.29, 0.717) is 16.7 Å².